The van der Waals surface area contributed by atoms with E-state index in [1.807, 2.05) is 32.0 Å². The van der Waals surface area contributed by atoms with Crippen molar-refractivity contribution in [2.24, 2.45) is 0 Å². The molecule has 122 valence electrons. The Bertz CT molecular complexity index is 851. The first kappa shape index (κ1) is 17.6. The Labute approximate surface area is 146 Å². The number of ether oxygens (including phenoxy) is 1. The van der Waals surface area contributed by atoms with Crippen LogP contribution >= 0.6 is 11.6 Å². The molecule has 0 spiro atoms. The molecule has 1 N–H and O–H groups in total. The lowest BCUT2D eigenvalue weighted by molar-refractivity contribution is -0.112. The average molecular weight is 341 g/mol. The summed E-state index contributed by atoms with van der Waals surface area (Å²) in [5.74, 6) is 0.0555. The molecule has 4 nitrogen and oxygen atoms in total. The Morgan fingerprint density at radius 3 is 2.71 bits per heavy atom. The molecular formula is C19H17ClN2O2. The molecule has 2 rings (SSSR count). The normalized spacial score (nSPS) is 10.9. The molecule has 0 fully saturated rings. The number of hydrogen-bond acceptors (Lipinski definition) is 3. The van der Waals surface area contributed by atoms with Crippen LogP contribution in [0.5, 0.6) is 5.75 Å². The van der Waals surface area contributed by atoms with Crippen molar-refractivity contribution in [1.29, 1.82) is 5.26 Å². The predicted molar refractivity (Wildman–Crippen MR) is 96.1 cm³/mol. The molecular weight excluding hydrogens is 324 g/mol. The van der Waals surface area contributed by atoms with Crippen LogP contribution < -0.4 is 10.1 Å². The van der Waals surface area contributed by atoms with Crippen LogP contribution in [0.4, 0.5) is 5.69 Å². The van der Waals surface area contributed by atoms with Gasteiger partial charge in [-0.05, 0) is 55.3 Å². The molecule has 24 heavy (non-hydrogen) atoms. The van der Waals surface area contributed by atoms with E-state index < -0.39 is 5.91 Å². The molecule has 0 heterocycles. The highest BCUT2D eigenvalue weighted by molar-refractivity contribution is 6.30. The third-order valence-corrected chi connectivity index (χ3v) is 3.94. The van der Waals surface area contributed by atoms with E-state index in [2.05, 4.69) is 5.32 Å². The molecule has 0 bridgehead atoms. The second-order valence-electron chi connectivity index (χ2n) is 5.26. The van der Waals surface area contributed by atoms with Crippen LogP contribution in [0.3, 0.4) is 0 Å². The lowest BCUT2D eigenvalue weighted by atomic mass is 10.1. The zero-order chi connectivity index (χ0) is 17.7. The van der Waals surface area contributed by atoms with E-state index in [0.29, 0.717) is 22.0 Å². The molecule has 0 aromatic heterocycles. The molecule has 0 unspecified atom stereocenters. The van der Waals surface area contributed by atoms with E-state index in [1.165, 1.54) is 13.2 Å². The summed E-state index contributed by atoms with van der Waals surface area (Å²) >= 11 is 5.98. The van der Waals surface area contributed by atoms with Gasteiger partial charge in [-0.3, -0.25) is 4.79 Å². The highest BCUT2D eigenvalue weighted by Crippen LogP contribution is 2.25. The van der Waals surface area contributed by atoms with Crippen LogP contribution in [-0.4, -0.2) is 13.0 Å². The lowest BCUT2D eigenvalue weighted by Crippen LogP contribution is -2.14. The maximum atomic E-state index is 12.4. The molecule has 0 saturated heterocycles. The standard InChI is InChI=1S/C19H17ClN2O2/c1-12-5-4-6-17(13(12)2)22-19(23)15(11-21)9-14-10-16(20)7-8-18(14)24-3/h4-10H,1-3H3,(H,22,23)/b15-9+. The van der Waals surface area contributed by atoms with E-state index in [9.17, 15) is 10.1 Å². The van der Waals surface area contributed by atoms with E-state index in [4.69, 9.17) is 16.3 Å². The number of halogens is 1. The summed E-state index contributed by atoms with van der Waals surface area (Å²) in [6, 6.07) is 12.6. The summed E-state index contributed by atoms with van der Waals surface area (Å²) in [4.78, 5) is 12.4. The lowest BCUT2D eigenvalue weighted by Gasteiger charge is -2.10. The Kier molecular flexibility index (Phi) is 5.62. The second-order valence-corrected chi connectivity index (χ2v) is 5.69. The molecule has 1 amide bonds. The highest BCUT2D eigenvalue weighted by atomic mass is 35.5. The maximum Gasteiger partial charge on any atom is 0.266 e. The molecule has 0 aliphatic rings. The number of benzene rings is 2. The monoisotopic (exact) mass is 340 g/mol. The van der Waals surface area contributed by atoms with Gasteiger partial charge in [-0.2, -0.15) is 5.26 Å². The van der Waals surface area contributed by atoms with Crippen LogP contribution in [0.25, 0.3) is 6.08 Å². The highest BCUT2D eigenvalue weighted by Gasteiger charge is 2.13. The minimum Gasteiger partial charge on any atom is -0.496 e. The van der Waals surface area contributed by atoms with Crippen LogP contribution in [0, 0.1) is 25.2 Å². The summed E-state index contributed by atoms with van der Waals surface area (Å²) in [7, 11) is 1.52. The Balaban J connectivity index is 2.35. The molecule has 0 saturated carbocycles. The average Bonchev–Trinajstić information content (AvgIpc) is 2.56. The fraction of sp³-hybridized carbons (Fsp3) is 0.158. The molecule has 5 heteroatoms. The number of nitriles is 1. The Morgan fingerprint density at radius 2 is 2.04 bits per heavy atom. The summed E-state index contributed by atoms with van der Waals surface area (Å²) < 4.78 is 5.23. The number of nitrogens with one attached hydrogen (secondary N) is 1. The minimum absolute atomic E-state index is 0.0310. The van der Waals surface area contributed by atoms with Crippen molar-refractivity contribution in [3.05, 3.63) is 63.7 Å². The van der Waals surface area contributed by atoms with E-state index >= 15 is 0 Å². The fourth-order valence-corrected chi connectivity index (χ4v) is 2.38. The number of aryl methyl sites for hydroxylation is 1. The van der Waals surface area contributed by atoms with Crippen molar-refractivity contribution in [2.45, 2.75) is 13.8 Å². The molecule has 2 aromatic carbocycles. The third kappa shape index (κ3) is 3.95. The first-order valence-corrected chi connectivity index (χ1v) is 7.67. The van der Waals surface area contributed by atoms with Gasteiger partial charge in [0.15, 0.2) is 0 Å². The van der Waals surface area contributed by atoms with Gasteiger partial charge in [0.25, 0.3) is 5.91 Å². The van der Waals surface area contributed by atoms with Crippen molar-refractivity contribution < 1.29 is 9.53 Å². The number of nitrogens with zero attached hydrogens (tertiary/aromatic N) is 1. The van der Waals surface area contributed by atoms with Gasteiger partial charge in [0.05, 0.1) is 7.11 Å². The number of amides is 1. The van der Waals surface area contributed by atoms with Gasteiger partial charge in [0.2, 0.25) is 0 Å². The first-order valence-electron chi connectivity index (χ1n) is 7.29. The number of carbonyl (C=O) groups is 1. The van der Waals surface area contributed by atoms with E-state index in [0.717, 1.165) is 11.1 Å². The van der Waals surface area contributed by atoms with Gasteiger partial charge < -0.3 is 10.1 Å². The number of hydrogen-bond donors (Lipinski definition) is 1. The summed E-state index contributed by atoms with van der Waals surface area (Å²) in [5.41, 5.74) is 3.24. The number of anilines is 1. The number of rotatable bonds is 4. The quantitative estimate of drug-likeness (QED) is 0.658. The van der Waals surface area contributed by atoms with Gasteiger partial charge >= 0.3 is 0 Å². The van der Waals surface area contributed by atoms with Crippen molar-refractivity contribution in [2.75, 3.05) is 12.4 Å². The van der Waals surface area contributed by atoms with Crippen molar-refractivity contribution in [1.82, 2.24) is 0 Å². The first-order chi connectivity index (χ1) is 11.5. The largest absolute Gasteiger partial charge is 0.496 e. The zero-order valence-corrected chi connectivity index (χ0v) is 14.4. The van der Waals surface area contributed by atoms with Gasteiger partial charge in [0, 0.05) is 16.3 Å². The van der Waals surface area contributed by atoms with Crippen LogP contribution in [0.15, 0.2) is 42.0 Å². The van der Waals surface area contributed by atoms with Gasteiger partial charge in [-0.15, -0.1) is 0 Å². The van der Waals surface area contributed by atoms with E-state index in [1.54, 1.807) is 24.3 Å². The minimum atomic E-state index is -0.478. The van der Waals surface area contributed by atoms with E-state index in [-0.39, 0.29) is 5.57 Å². The van der Waals surface area contributed by atoms with Crippen LogP contribution in [0.2, 0.25) is 5.02 Å². The SMILES string of the molecule is COc1ccc(Cl)cc1/C=C(\C#N)C(=O)Nc1cccc(C)c1C. The van der Waals surface area contributed by atoms with Gasteiger partial charge in [-0.25, -0.2) is 0 Å². The van der Waals surface area contributed by atoms with Crippen LogP contribution in [0.1, 0.15) is 16.7 Å². The van der Waals surface area contributed by atoms with Crippen molar-refractivity contribution in [3.63, 3.8) is 0 Å². The summed E-state index contributed by atoms with van der Waals surface area (Å²) in [5, 5.41) is 12.6. The van der Waals surface area contributed by atoms with Gasteiger partial charge in [0.1, 0.15) is 17.4 Å². The number of carbonyl (C=O) groups excluding carboxylic acids is 1. The molecule has 0 atom stereocenters. The Hall–Kier alpha value is -2.77. The number of methoxy groups -OCH3 is 1. The smallest absolute Gasteiger partial charge is 0.266 e. The zero-order valence-electron chi connectivity index (χ0n) is 13.7. The fourth-order valence-electron chi connectivity index (χ4n) is 2.20. The summed E-state index contributed by atoms with van der Waals surface area (Å²) in [6.45, 7) is 3.88. The summed E-state index contributed by atoms with van der Waals surface area (Å²) in [6.07, 6.45) is 1.46. The third-order valence-electron chi connectivity index (χ3n) is 3.71. The predicted octanol–water partition coefficient (Wildman–Crippen LogP) is 4.51. The van der Waals surface area contributed by atoms with Crippen molar-refractivity contribution in [3.8, 4) is 11.8 Å². The molecule has 0 aliphatic carbocycles. The van der Waals surface area contributed by atoms with Gasteiger partial charge in [-0.1, -0.05) is 23.7 Å². The van der Waals surface area contributed by atoms with Crippen molar-refractivity contribution >= 4 is 29.3 Å². The Morgan fingerprint density at radius 1 is 1.29 bits per heavy atom. The second kappa shape index (κ2) is 7.67. The topological polar surface area (TPSA) is 62.1 Å². The molecule has 0 aliphatic heterocycles. The molecule has 0 radical (unpaired) electrons. The van der Waals surface area contributed by atoms with Crippen LogP contribution in [-0.2, 0) is 4.79 Å². The maximum absolute atomic E-state index is 12.4. The molecule has 2 aromatic rings.